The topological polar surface area (TPSA) is 122 Å². The summed E-state index contributed by atoms with van der Waals surface area (Å²) in [4.78, 5) is 37.8. The van der Waals surface area contributed by atoms with Gasteiger partial charge in [-0.2, -0.15) is 0 Å². The number of amides is 2. The predicted molar refractivity (Wildman–Crippen MR) is 107 cm³/mol. The van der Waals surface area contributed by atoms with Gasteiger partial charge in [-0.25, -0.2) is 0 Å². The lowest BCUT2D eigenvalue weighted by Gasteiger charge is -2.24. The number of carbonyl (C=O) groups excluding carboxylic acids is 3. The molecule has 1 aromatic rings. The van der Waals surface area contributed by atoms with Gasteiger partial charge in [0.2, 0.25) is 11.8 Å². The molecule has 150 valence electrons. The number of likely N-dealkylation sites (N-methyl/N-ethyl adjacent to an activating group) is 1. The van der Waals surface area contributed by atoms with E-state index in [-0.39, 0.29) is 24.3 Å². The fraction of sp³-hybridized carbons (Fsp3) is 0.526. The van der Waals surface area contributed by atoms with E-state index in [1.54, 1.807) is 12.1 Å². The van der Waals surface area contributed by atoms with Crippen molar-refractivity contribution in [1.82, 2.24) is 10.2 Å². The van der Waals surface area contributed by atoms with Crippen LogP contribution in [0.1, 0.15) is 29.6 Å². The van der Waals surface area contributed by atoms with Crippen LogP contribution >= 0.6 is 0 Å². The average Bonchev–Trinajstić information content (AvgIpc) is 2.62. The lowest BCUT2D eigenvalue weighted by Crippen LogP contribution is -2.38. The van der Waals surface area contributed by atoms with Crippen LogP contribution in [0, 0.1) is 0 Å². The molecule has 0 bridgehead atoms. The van der Waals surface area contributed by atoms with E-state index in [1.807, 2.05) is 36.0 Å². The summed E-state index contributed by atoms with van der Waals surface area (Å²) >= 11 is 0. The van der Waals surface area contributed by atoms with Crippen molar-refractivity contribution in [3.63, 3.8) is 0 Å². The quantitative estimate of drug-likeness (QED) is 0.415. The van der Waals surface area contributed by atoms with Gasteiger partial charge < -0.3 is 26.6 Å². The van der Waals surface area contributed by atoms with Gasteiger partial charge in [-0.05, 0) is 44.8 Å². The molecule has 1 atom stereocenters. The van der Waals surface area contributed by atoms with Crippen LogP contribution in [-0.2, 0) is 9.59 Å². The number of benzene rings is 1. The van der Waals surface area contributed by atoms with E-state index in [1.165, 1.54) is 0 Å². The summed E-state index contributed by atoms with van der Waals surface area (Å²) in [6, 6.07) is 7.02. The first-order valence-corrected chi connectivity index (χ1v) is 9.07. The molecular weight excluding hydrogens is 346 g/mol. The highest BCUT2D eigenvalue weighted by Crippen LogP contribution is 2.14. The molecular formula is C19H31N5O3. The van der Waals surface area contributed by atoms with Crippen LogP contribution < -0.4 is 21.7 Å². The minimum Gasteiger partial charge on any atom is -0.370 e. The van der Waals surface area contributed by atoms with Crippen molar-refractivity contribution in [1.29, 1.82) is 0 Å². The van der Waals surface area contributed by atoms with Crippen LogP contribution in [0.25, 0.3) is 0 Å². The normalized spacial score (nSPS) is 11.9. The van der Waals surface area contributed by atoms with E-state index in [9.17, 15) is 14.4 Å². The summed E-state index contributed by atoms with van der Waals surface area (Å²) < 4.78 is 0. The molecule has 8 heteroatoms. The molecule has 8 nitrogen and oxygen atoms in total. The molecule has 0 spiro atoms. The van der Waals surface area contributed by atoms with Gasteiger partial charge in [0.05, 0.1) is 0 Å². The number of rotatable bonds is 13. The van der Waals surface area contributed by atoms with Crippen LogP contribution in [0.2, 0.25) is 0 Å². The van der Waals surface area contributed by atoms with Crippen molar-refractivity contribution in [2.45, 2.75) is 25.3 Å². The molecule has 1 rings (SSSR count). The highest BCUT2D eigenvalue weighted by molar-refractivity contribution is 5.77. The third-order valence-corrected chi connectivity index (χ3v) is 4.07. The second-order valence-electron chi connectivity index (χ2n) is 6.82. The highest BCUT2D eigenvalue weighted by Gasteiger charge is 2.11. The molecule has 0 aliphatic carbocycles. The summed E-state index contributed by atoms with van der Waals surface area (Å²) in [7, 11) is 3.89. The number of nitrogens with zero attached hydrogens (tertiary/aromatic N) is 2. The molecule has 0 aliphatic rings. The number of hydrogen-bond acceptors (Lipinski definition) is 6. The van der Waals surface area contributed by atoms with Crippen molar-refractivity contribution < 1.29 is 14.4 Å². The summed E-state index contributed by atoms with van der Waals surface area (Å²) in [5.74, 6) is -0.432. The maximum absolute atomic E-state index is 12.0. The summed E-state index contributed by atoms with van der Waals surface area (Å²) in [6.45, 7) is 2.16. The maximum Gasteiger partial charge on any atom is 0.220 e. The monoisotopic (exact) mass is 377 g/mol. The van der Waals surface area contributed by atoms with Gasteiger partial charge in [-0.3, -0.25) is 14.4 Å². The smallest absolute Gasteiger partial charge is 0.220 e. The van der Waals surface area contributed by atoms with E-state index >= 15 is 0 Å². The summed E-state index contributed by atoms with van der Waals surface area (Å²) in [5.41, 5.74) is 12.7. The van der Waals surface area contributed by atoms with Crippen LogP contribution in [0.3, 0.4) is 0 Å². The lowest BCUT2D eigenvalue weighted by molar-refractivity contribution is -0.121. The second kappa shape index (κ2) is 12.0. The molecule has 0 saturated carbocycles. The Balaban J connectivity index is 2.49. The minimum absolute atomic E-state index is 0.0332. The van der Waals surface area contributed by atoms with E-state index < -0.39 is 0 Å². The third kappa shape index (κ3) is 9.72. The Hall–Kier alpha value is -2.45. The molecule has 1 unspecified atom stereocenters. The largest absolute Gasteiger partial charge is 0.370 e. The Morgan fingerprint density at radius 1 is 1.15 bits per heavy atom. The van der Waals surface area contributed by atoms with Crippen molar-refractivity contribution in [3.05, 3.63) is 29.8 Å². The standard InChI is InChI=1S/C19H31N5O3/c1-23(2)13-16(20)5-8-19(27)22-10-12-24(11-9-18(21)26)17-6-3-15(14-25)4-7-17/h3-4,6-7,14,16H,5,8-13,20H2,1-2H3,(H2,21,26)(H,22,27). The Morgan fingerprint density at radius 3 is 2.37 bits per heavy atom. The molecule has 0 aliphatic heterocycles. The average molecular weight is 377 g/mol. The molecule has 27 heavy (non-hydrogen) atoms. The zero-order valence-corrected chi connectivity index (χ0v) is 16.2. The maximum atomic E-state index is 12.0. The van der Waals surface area contributed by atoms with E-state index in [4.69, 9.17) is 11.5 Å². The lowest BCUT2D eigenvalue weighted by atomic mass is 10.1. The number of carbonyl (C=O) groups is 3. The first-order valence-electron chi connectivity index (χ1n) is 9.07. The van der Waals surface area contributed by atoms with Crippen molar-refractivity contribution in [2.75, 3.05) is 45.2 Å². The molecule has 0 saturated heterocycles. The van der Waals surface area contributed by atoms with Crippen molar-refractivity contribution >= 4 is 23.8 Å². The van der Waals surface area contributed by atoms with Gasteiger partial charge in [0.1, 0.15) is 6.29 Å². The molecule has 0 aromatic heterocycles. The zero-order chi connectivity index (χ0) is 20.2. The Labute approximate surface area is 160 Å². The fourth-order valence-corrected chi connectivity index (χ4v) is 2.67. The van der Waals surface area contributed by atoms with Crippen molar-refractivity contribution in [2.24, 2.45) is 11.5 Å². The Morgan fingerprint density at radius 2 is 1.81 bits per heavy atom. The van der Waals surface area contributed by atoms with E-state index in [2.05, 4.69) is 5.32 Å². The Kier molecular flexibility index (Phi) is 10.1. The summed E-state index contributed by atoms with van der Waals surface area (Å²) in [6.07, 6.45) is 1.99. The van der Waals surface area contributed by atoms with Crippen LogP contribution in [0.5, 0.6) is 0 Å². The van der Waals surface area contributed by atoms with Crippen LogP contribution in [-0.4, -0.2) is 69.3 Å². The first kappa shape index (κ1) is 22.6. The number of primary amides is 1. The highest BCUT2D eigenvalue weighted by atomic mass is 16.2. The second-order valence-corrected chi connectivity index (χ2v) is 6.82. The number of nitrogens with two attached hydrogens (primary N) is 2. The van der Waals surface area contributed by atoms with Gasteiger partial charge >= 0.3 is 0 Å². The minimum atomic E-state index is -0.386. The molecule has 0 fully saturated rings. The SMILES string of the molecule is CN(C)CC(N)CCC(=O)NCCN(CCC(N)=O)c1ccc(C=O)cc1. The molecule has 0 heterocycles. The van der Waals surface area contributed by atoms with Gasteiger partial charge in [-0.15, -0.1) is 0 Å². The van der Waals surface area contributed by atoms with Crippen LogP contribution in [0.4, 0.5) is 5.69 Å². The zero-order valence-electron chi connectivity index (χ0n) is 16.2. The molecule has 5 N–H and O–H groups in total. The number of nitrogens with one attached hydrogen (secondary N) is 1. The predicted octanol–water partition coefficient (Wildman–Crippen LogP) is -0.0338. The van der Waals surface area contributed by atoms with Gasteiger partial charge in [0.25, 0.3) is 0 Å². The fourth-order valence-electron chi connectivity index (χ4n) is 2.67. The Bertz CT molecular complexity index is 604. The van der Waals surface area contributed by atoms with Gasteiger partial charge in [-0.1, -0.05) is 0 Å². The third-order valence-electron chi connectivity index (χ3n) is 4.07. The number of aldehydes is 1. The summed E-state index contributed by atoms with van der Waals surface area (Å²) in [5, 5.41) is 2.88. The number of hydrogen-bond donors (Lipinski definition) is 3. The van der Waals surface area contributed by atoms with E-state index in [0.29, 0.717) is 38.0 Å². The number of anilines is 1. The van der Waals surface area contributed by atoms with Crippen LogP contribution in [0.15, 0.2) is 24.3 Å². The van der Waals surface area contributed by atoms with Gasteiger partial charge in [0, 0.05) is 56.3 Å². The van der Waals surface area contributed by atoms with Gasteiger partial charge in [0.15, 0.2) is 0 Å². The molecule has 0 radical (unpaired) electrons. The first-order chi connectivity index (χ1) is 12.8. The molecule has 2 amide bonds. The van der Waals surface area contributed by atoms with Crippen molar-refractivity contribution in [3.8, 4) is 0 Å². The van der Waals surface area contributed by atoms with E-state index in [0.717, 1.165) is 18.5 Å². The molecule has 1 aromatic carbocycles.